The molecule has 1 saturated heterocycles. The molecule has 1 aliphatic heterocycles. The first-order valence-corrected chi connectivity index (χ1v) is 22.0. The minimum Gasteiger partial charge on any atom is -0.437 e. The highest BCUT2D eigenvalue weighted by atomic mass is 32.1. The molecule has 63 heavy (non-hydrogen) atoms. The van der Waals surface area contributed by atoms with Gasteiger partial charge in [-0.05, 0) is 105 Å². The molecule has 4 aromatic carbocycles. The number of amides is 1. The first-order valence-electron chi connectivity index (χ1n) is 21.2. The standard InChI is InChI=1S/C48H43N9O5S/c58-34-7-5-6-31(26-34)43-47(62-36-18-14-32(15-19-36)53-48-56-39-10-3-4-11-40(39)63-48)52-33(28-51-43)27-41(59)57-24-20-29(21-25-57)42-46(50-23-22-49-42)61-35-16-12-30(13-17-35)44(60)45-54-37-8-1-2-9-38(37)55-45/h1-4,8-19,22-23,28-29,31,34,58H,5-7,20-21,24-27H2,(H,53,56)(H,54,55)/t31-,34+/m1/s1. The number of imidazole rings is 1. The number of benzene rings is 4. The van der Waals surface area contributed by atoms with Crippen molar-refractivity contribution in [2.45, 2.75) is 62.9 Å². The number of aliphatic hydroxyl groups excluding tert-OH is 1. The number of likely N-dealkylation sites (tertiary alicyclic amines) is 1. The van der Waals surface area contributed by atoms with E-state index in [0.29, 0.717) is 72.6 Å². The van der Waals surface area contributed by atoms with Crippen LogP contribution in [0.2, 0.25) is 0 Å². The normalized spacial score (nSPS) is 16.9. The van der Waals surface area contributed by atoms with Crippen LogP contribution in [0.5, 0.6) is 23.3 Å². The van der Waals surface area contributed by atoms with Crippen molar-refractivity contribution < 1.29 is 24.2 Å². The van der Waals surface area contributed by atoms with Crippen LogP contribution in [0, 0.1) is 0 Å². The van der Waals surface area contributed by atoms with Gasteiger partial charge >= 0.3 is 0 Å². The molecule has 2 fully saturated rings. The highest BCUT2D eigenvalue weighted by molar-refractivity contribution is 7.22. The van der Waals surface area contributed by atoms with Gasteiger partial charge in [0.2, 0.25) is 23.5 Å². The lowest BCUT2D eigenvalue weighted by Gasteiger charge is -2.32. The van der Waals surface area contributed by atoms with E-state index in [-0.39, 0.29) is 35.8 Å². The van der Waals surface area contributed by atoms with Crippen LogP contribution in [0.25, 0.3) is 21.3 Å². The lowest BCUT2D eigenvalue weighted by atomic mass is 9.85. The van der Waals surface area contributed by atoms with Crippen LogP contribution in [0.4, 0.5) is 10.8 Å². The van der Waals surface area contributed by atoms with Crippen LogP contribution in [-0.4, -0.2) is 75.8 Å². The zero-order chi connectivity index (χ0) is 42.7. The second-order valence-electron chi connectivity index (χ2n) is 15.9. The summed E-state index contributed by atoms with van der Waals surface area (Å²) in [5, 5.41) is 14.7. The zero-order valence-electron chi connectivity index (χ0n) is 34.2. The number of anilines is 2. The summed E-state index contributed by atoms with van der Waals surface area (Å²) in [6.45, 7) is 1.06. The predicted molar refractivity (Wildman–Crippen MR) is 239 cm³/mol. The van der Waals surface area contributed by atoms with Gasteiger partial charge in [0.15, 0.2) is 11.0 Å². The van der Waals surface area contributed by atoms with E-state index in [1.165, 1.54) is 0 Å². The summed E-state index contributed by atoms with van der Waals surface area (Å²) in [5.74, 6) is 1.89. The molecule has 1 amide bonds. The second-order valence-corrected chi connectivity index (χ2v) is 17.0. The second kappa shape index (κ2) is 17.7. The summed E-state index contributed by atoms with van der Waals surface area (Å²) in [6, 6.07) is 30.0. The van der Waals surface area contributed by atoms with Crippen molar-refractivity contribution in [2.24, 2.45) is 0 Å². The Balaban J connectivity index is 0.780. The molecule has 4 aromatic heterocycles. The minimum absolute atomic E-state index is 0.00730. The molecule has 1 saturated carbocycles. The van der Waals surface area contributed by atoms with Gasteiger partial charge in [-0.25, -0.2) is 19.9 Å². The van der Waals surface area contributed by atoms with Gasteiger partial charge in [-0.15, -0.1) is 0 Å². The third kappa shape index (κ3) is 8.97. The number of carbonyl (C=O) groups excluding carboxylic acids is 2. The van der Waals surface area contributed by atoms with Gasteiger partial charge in [0.25, 0.3) is 0 Å². The van der Waals surface area contributed by atoms with Crippen LogP contribution in [0.1, 0.15) is 83.6 Å². The Morgan fingerprint density at radius 3 is 2.24 bits per heavy atom. The van der Waals surface area contributed by atoms with Crippen molar-refractivity contribution in [2.75, 3.05) is 18.4 Å². The average molecular weight is 858 g/mol. The lowest BCUT2D eigenvalue weighted by Crippen LogP contribution is -2.39. The summed E-state index contributed by atoms with van der Waals surface area (Å²) in [5.41, 5.74) is 5.77. The third-order valence-electron chi connectivity index (χ3n) is 11.7. The molecule has 3 N–H and O–H groups in total. The SMILES string of the molecule is O=C(c1ccc(Oc2nccnc2C2CCN(C(=O)Cc3cnc([C@@H]4CCC[C@H](O)C4)c(Oc4ccc(Nc5nc6ccccc6s5)cc4)n3)CC2)cc1)c1nc2ccccc2[nH]1. The van der Waals surface area contributed by atoms with Gasteiger partial charge in [0.05, 0.1) is 39.5 Å². The molecule has 0 bridgehead atoms. The number of H-pyrrole nitrogens is 1. The first kappa shape index (κ1) is 40.0. The minimum atomic E-state index is -0.404. The van der Waals surface area contributed by atoms with Crippen LogP contribution in [0.15, 0.2) is 116 Å². The number of rotatable bonds is 12. The molecular formula is C48H43N9O5S. The molecule has 14 nitrogen and oxygen atoms in total. The van der Waals surface area contributed by atoms with Crippen molar-refractivity contribution in [3.05, 3.63) is 144 Å². The number of carbonyl (C=O) groups is 2. The Bertz CT molecular complexity index is 2850. The highest BCUT2D eigenvalue weighted by Gasteiger charge is 2.30. The monoisotopic (exact) mass is 857 g/mol. The highest BCUT2D eigenvalue weighted by Crippen LogP contribution is 2.38. The van der Waals surface area contributed by atoms with E-state index in [0.717, 1.165) is 57.0 Å². The van der Waals surface area contributed by atoms with Crippen LogP contribution in [0.3, 0.4) is 0 Å². The Hall–Kier alpha value is -7.10. The van der Waals surface area contributed by atoms with Crippen LogP contribution < -0.4 is 14.8 Å². The van der Waals surface area contributed by atoms with Gasteiger partial charge in [0.1, 0.15) is 22.9 Å². The van der Waals surface area contributed by atoms with Crippen LogP contribution >= 0.6 is 11.3 Å². The number of aliphatic hydroxyl groups is 1. The predicted octanol–water partition coefficient (Wildman–Crippen LogP) is 9.28. The van der Waals surface area contributed by atoms with Gasteiger partial charge in [-0.2, -0.15) is 0 Å². The molecule has 316 valence electrons. The van der Waals surface area contributed by atoms with E-state index in [1.54, 1.807) is 54.2 Å². The smallest absolute Gasteiger partial charge is 0.241 e. The van der Waals surface area contributed by atoms with E-state index >= 15 is 0 Å². The van der Waals surface area contributed by atoms with Crippen molar-refractivity contribution in [3.63, 3.8) is 0 Å². The fourth-order valence-corrected chi connectivity index (χ4v) is 9.27. The number of ether oxygens (including phenoxy) is 2. The number of nitrogens with zero attached hydrogens (tertiary/aromatic N) is 7. The number of hydrogen-bond acceptors (Lipinski definition) is 13. The van der Waals surface area contributed by atoms with Gasteiger partial charge in [0, 0.05) is 54.8 Å². The quantitative estimate of drug-likeness (QED) is 0.0993. The molecule has 0 spiro atoms. The Kier molecular flexibility index (Phi) is 11.2. The summed E-state index contributed by atoms with van der Waals surface area (Å²) in [6.07, 6.45) is 9.05. The fourth-order valence-electron chi connectivity index (χ4n) is 8.38. The maximum absolute atomic E-state index is 13.8. The maximum Gasteiger partial charge on any atom is 0.241 e. The first-order chi connectivity index (χ1) is 30.9. The number of hydrogen-bond donors (Lipinski definition) is 3. The molecule has 1 aliphatic carbocycles. The van der Waals surface area contributed by atoms with E-state index in [1.807, 2.05) is 71.6 Å². The molecule has 0 unspecified atom stereocenters. The van der Waals surface area contributed by atoms with Crippen LogP contribution in [-0.2, 0) is 11.2 Å². The molecule has 15 heteroatoms. The molecule has 5 heterocycles. The van der Waals surface area contributed by atoms with Crippen molar-refractivity contribution >= 4 is 55.1 Å². The maximum atomic E-state index is 13.8. The largest absolute Gasteiger partial charge is 0.437 e. The number of aromatic amines is 1. The molecule has 10 rings (SSSR count). The molecule has 2 aliphatic rings. The Labute approximate surface area is 366 Å². The fraction of sp³-hybridized carbons (Fsp3) is 0.250. The average Bonchev–Trinajstić information content (AvgIpc) is 3.94. The van der Waals surface area contributed by atoms with Crippen molar-refractivity contribution in [3.8, 4) is 23.3 Å². The zero-order valence-corrected chi connectivity index (χ0v) is 35.0. The summed E-state index contributed by atoms with van der Waals surface area (Å²) >= 11 is 1.59. The van der Waals surface area contributed by atoms with Crippen molar-refractivity contribution in [1.29, 1.82) is 0 Å². The molecule has 8 aromatic rings. The number of para-hydroxylation sites is 3. The molecule has 2 atom stereocenters. The third-order valence-corrected chi connectivity index (χ3v) is 12.6. The summed E-state index contributed by atoms with van der Waals surface area (Å²) in [4.78, 5) is 59.8. The number of ketones is 1. The Morgan fingerprint density at radius 1 is 0.746 bits per heavy atom. The van der Waals surface area contributed by atoms with E-state index in [4.69, 9.17) is 19.4 Å². The number of piperidine rings is 1. The van der Waals surface area contributed by atoms with Gasteiger partial charge in [-0.1, -0.05) is 42.0 Å². The van der Waals surface area contributed by atoms with E-state index < -0.39 is 6.10 Å². The number of thiazole rings is 1. The van der Waals surface area contributed by atoms with E-state index in [9.17, 15) is 14.7 Å². The lowest BCUT2D eigenvalue weighted by molar-refractivity contribution is -0.131. The summed E-state index contributed by atoms with van der Waals surface area (Å²) < 4.78 is 13.8. The number of aromatic nitrogens is 7. The Morgan fingerprint density at radius 2 is 1.46 bits per heavy atom. The topological polar surface area (TPSA) is 181 Å². The van der Waals surface area contributed by atoms with Crippen molar-refractivity contribution in [1.82, 2.24) is 39.8 Å². The number of fused-ring (bicyclic) bond motifs is 2. The summed E-state index contributed by atoms with van der Waals surface area (Å²) in [7, 11) is 0. The van der Waals surface area contributed by atoms with Gasteiger partial charge < -0.3 is 29.8 Å². The molecule has 0 radical (unpaired) electrons. The number of nitrogens with one attached hydrogen (secondary N) is 2. The van der Waals surface area contributed by atoms with E-state index in [2.05, 4.69) is 36.3 Å². The van der Waals surface area contributed by atoms with Gasteiger partial charge in [-0.3, -0.25) is 19.6 Å². The molecular weight excluding hydrogens is 815 g/mol.